The van der Waals surface area contributed by atoms with Gasteiger partial charge in [0.25, 0.3) is 5.91 Å². The van der Waals surface area contributed by atoms with Gasteiger partial charge in [-0.2, -0.15) is 0 Å². The lowest BCUT2D eigenvalue weighted by Gasteiger charge is -2.38. The van der Waals surface area contributed by atoms with Crippen LogP contribution in [0.1, 0.15) is 48.9 Å². The van der Waals surface area contributed by atoms with Crippen molar-refractivity contribution in [3.05, 3.63) is 35.9 Å². The number of hydrogen-bond acceptors (Lipinski definition) is 2. The number of carbonyl (C=O) groups is 1. The zero-order chi connectivity index (χ0) is 14.5. The summed E-state index contributed by atoms with van der Waals surface area (Å²) in [5, 5.41) is 3.44. The van der Waals surface area contributed by atoms with Gasteiger partial charge in [-0.25, -0.2) is 0 Å². The highest BCUT2D eigenvalue weighted by molar-refractivity contribution is 5.94. The highest BCUT2D eigenvalue weighted by Gasteiger charge is 2.32. The largest absolute Gasteiger partial charge is 0.335 e. The van der Waals surface area contributed by atoms with Gasteiger partial charge in [0.1, 0.15) is 0 Å². The van der Waals surface area contributed by atoms with Gasteiger partial charge in [0.2, 0.25) is 0 Å². The summed E-state index contributed by atoms with van der Waals surface area (Å²) in [7, 11) is 0. The number of nitrogens with zero attached hydrogens (tertiary/aromatic N) is 1. The fraction of sp³-hybridized carbons (Fsp3) is 0.611. The van der Waals surface area contributed by atoms with Crippen molar-refractivity contribution >= 4 is 5.91 Å². The Morgan fingerprint density at radius 2 is 1.76 bits per heavy atom. The van der Waals surface area contributed by atoms with Crippen LogP contribution >= 0.6 is 0 Å². The maximum absolute atomic E-state index is 12.9. The van der Waals surface area contributed by atoms with Crippen molar-refractivity contribution in [3.8, 4) is 0 Å². The van der Waals surface area contributed by atoms with Crippen molar-refractivity contribution in [1.82, 2.24) is 10.2 Å². The molecule has 0 aliphatic carbocycles. The van der Waals surface area contributed by atoms with Crippen LogP contribution in [-0.4, -0.2) is 36.5 Å². The minimum absolute atomic E-state index is 0.237. The Labute approximate surface area is 127 Å². The van der Waals surface area contributed by atoms with E-state index in [1.54, 1.807) is 0 Å². The summed E-state index contributed by atoms with van der Waals surface area (Å²) in [5.74, 6) is 0.915. The van der Waals surface area contributed by atoms with Gasteiger partial charge in [0.15, 0.2) is 0 Å². The zero-order valence-electron chi connectivity index (χ0n) is 12.8. The first-order chi connectivity index (χ1) is 10.4. The van der Waals surface area contributed by atoms with Crippen molar-refractivity contribution in [2.45, 2.75) is 44.6 Å². The zero-order valence-corrected chi connectivity index (χ0v) is 12.8. The third-order valence-corrected chi connectivity index (χ3v) is 5.01. The fourth-order valence-corrected chi connectivity index (χ4v) is 3.85. The molecule has 0 radical (unpaired) electrons. The molecule has 2 heterocycles. The van der Waals surface area contributed by atoms with E-state index in [0.717, 1.165) is 31.6 Å². The topological polar surface area (TPSA) is 32.3 Å². The lowest BCUT2D eigenvalue weighted by Crippen LogP contribution is -2.47. The average molecular weight is 286 g/mol. The lowest BCUT2D eigenvalue weighted by molar-refractivity contribution is 0.0582. The van der Waals surface area contributed by atoms with Gasteiger partial charge in [-0.05, 0) is 56.8 Å². The Morgan fingerprint density at radius 3 is 2.52 bits per heavy atom. The number of piperidine rings is 1. The maximum atomic E-state index is 12.9. The molecule has 1 aromatic rings. The molecule has 0 unspecified atom stereocenters. The molecule has 2 aliphatic heterocycles. The third-order valence-electron chi connectivity index (χ3n) is 5.01. The smallest absolute Gasteiger partial charge is 0.254 e. The molecule has 114 valence electrons. The predicted octanol–water partition coefficient (Wildman–Crippen LogP) is 3.07. The molecule has 1 atom stereocenters. The quantitative estimate of drug-likeness (QED) is 0.906. The molecule has 3 heteroatoms. The molecule has 3 nitrogen and oxygen atoms in total. The van der Waals surface area contributed by atoms with Crippen molar-refractivity contribution in [2.75, 3.05) is 19.6 Å². The maximum Gasteiger partial charge on any atom is 0.254 e. The van der Waals surface area contributed by atoms with Gasteiger partial charge in [-0.15, -0.1) is 0 Å². The fourth-order valence-electron chi connectivity index (χ4n) is 3.85. The second-order valence-electron chi connectivity index (χ2n) is 6.37. The summed E-state index contributed by atoms with van der Waals surface area (Å²) in [6, 6.07) is 10.3. The van der Waals surface area contributed by atoms with Gasteiger partial charge in [-0.3, -0.25) is 4.79 Å². The van der Waals surface area contributed by atoms with E-state index < -0.39 is 0 Å². The first-order valence-electron chi connectivity index (χ1n) is 8.43. The van der Waals surface area contributed by atoms with Crippen LogP contribution in [0.3, 0.4) is 0 Å². The van der Waals surface area contributed by atoms with Crippen molar-refractivity contribution < 1.29 is 4.79 Å². The SMILES string of the molecule is O=C(c1ccccc1)N1CCCCC[C@@H]1C1CCNCC1. The molecule has 3 rings (SSSR count). The second kappa shape index (κ2) is 7.08. The van der Waals surface area contributed by atoms with Gasteiger partial charge < -0.3 is 10.2 Å². The van der Waals surface area contributed by atoms with E-state index >= 15 is 0 Å². The number of likely N-dealkylation sites (tertiary alicyclic amines) is 1. The van der Waals surface area contributed by atoms with Crippen LogP contribution in [0, 0.1) is 5.92 Å². The van der Waals surface area contributed by atoms with E-state index in [2.05, 4.69) is 10.2 Å². The second-order valence-corrected chi connectivity index (χ2v) is 6.37. The Balaban J connectivity index is 1.79. The number of rotatable bonds is 2. The molecule has 0 saturated carbocycles. The standard InChI is InChI=1S/C18H26N2O/c21-18(16-7-3-1-4-8-16)20-14-6-2-5-9-17(20)15-10-12-19-13-11-15/h1,3-4,7-8,15,17,19H,2,5-6,9-14H2/t17-/m1/s1. The molecule has 1 N–H and O–H groups in total. The molecule has 0 aromatic heterocycles. The summed E-state index contributed by atoms with van der Waals surface area (Å²) >= 11 is 0. The number of carbonyl (C=O) groups excluding carboxylic acids is 1. The minimum Gasteiger partial charge on any atom is -0.335 e. The number of amides is 1. The van der Waals surface area contributed by atoms with Crippen LogP contribution in [0.25, 0.3) is 0 Å². The summed E-state index contributed by atoms with van der Waals surface area (Å²) in [6.07, 6.45) is 7.29. The van der Waals surface area contributed by atoms with E-state index in [-0.39, 0.29) is 5.91 Å². The molecule has 0 bridgehead atoms. The van der Waals surface area contributed by atoms with Crippen LogP contribution in [0.4, 0.5) is 0 Å². The highest BCUT2D eigenvalue weighted by atomic mass is 16.2. The van der Waals surface area contributed by atoms with Crippen LogP contribution in [-0.2, 0) is 0 Å². The van der Waals surface area contributed by atoms with Crippen molar-refractivity contribution in [1.29, 1.82) is 0 Å². The molecular weight excluding hydrogens is 260 g/mol. The lowest BCUT2D eigenvalue weighted by atomic mass is 9.86. The minimum atomic E-state index is 0.237. The Bertz CT molecular complexity index is 454. The first-order valence-corrected chi connectivity index (χ1v) is 8.43. The molecule has 1 amide bonds. The van der Waals surface area contributed by atoms with Crippen molar-refractivity contribution in [2.24, 2.45) is 5.92 Å². The number of hydrogen-bond donors (Lipinski definition) is 1. The van der Waals surface area contributed by atoms with Crippen LogP contribution in [0.15, 0.2) is 30.3 Å². The van der Waals surface area contributed by atoms with Crippen LogP contribution < -0.4 is 5.32 Å². The number of benzene rings is 1. The van der Waals surface area contributed by atoms with E-state index in [9.17, 15) is 4.79 Å². The molecule has 0 spiro atoms. The average Bonchev–Trinajstić information content (AvgIpc) is 2.81. The van der Waals surface area contributed by atoms with E-state index in [1.165, 1.54) is 32.1 Å². The first kappa shape index (κ1) is 14.6. The van der Waals surface area contributed by atoms with E-state index in [1.807, 2.05) is 30.3 Å². The summed E-state index contributed by atoms with van der Waals surface area (Å²) in [4.78, 5) is 15.1. The van der Waals surface area contributed by atoms with Gasteiger partial charge in [0.05, 0.1) is 0 Å². The highest BCUT2D eigenvalue weighted by Crippen LogP contribution is 2.29. The summed E-state index contributed by atoms with van der Waals surface area (Å²) in [5.41, 5.74) is 0.846. The van der Waals surface area contributed by atoms with Crippen LogP contribution in [0.5, 0.6) is 0 Å². The Kier molecular flexibility index (Phi) is 4.91. The molecule has 2 fully saturated rings. The van der Waals surface area contributed by atoms with Gasteiger partial charge in [0, 0.05) is 18.2 Å². The predicted molar refractivity (Wildman–Crippen MR) is 85.3 cm³/mol. The van der Waals surface area contributed by atoms with E-state index in [0.29, 0.717) is 12.0 Å². The molecule has 2 aliphatic rings. The van der Waals surface area contributed by atoms with Crippen molar-refractivity contribution in [3.63, 3.8) is 0 Å². The monoisotopic (exact) mass is 286 g/mol. The van der Waals surface area contributed by atoms with Gasteiger partial charge >= 0.3 is 0 Å². The van der Waals surface area contributed by atoms with Crippen LogP contribution in [0.2, 0.25) is 0 Å². The molecule has 1 aromatic carbocycles. The summed E-state index contributed by atoms with van der Waals surface area (Å²) < 4.78 is 0. The normalized spacial score (nSPS) is 24.6. The third kappa shape index (κ3) is 3.46. The van der Waals surface area contributed by atoms with E-state index in [4.69, 9.17) is 0 Å². The Hall–Kier alpha value is -1.35. The molecule has 2 saturated heterocycles. The number of nitrogens with one attached hydrogen (secondary N) is 1. The summed E-state index contributed by atoms with van der Waals surface area (Å²) in [6.45, 7) is 3.14. The molecular formula is C18H26N2O. The molecule has 21 heavy (non-hydrogen) atoms. The Morgan fingerprint density at radius 1 is 1.00 bits per heavy atom. The van der Waals surface area contributed by atoms with Gasteiger partial charge in [-0.1, -0.05) is 31.0 Å².